The summed E-state index contributed by atoms with van der Waals surface area (Å²) in [5, 5.41) is 5.28. The molecule has 28 heavy (non-hydrogen) atoms. The van der Waals surface area contributed by atoms with Crippen molar-refractivity contribution >= 4 is 17.6 Å². The van der Waals surface area contributed by atoms with Crippen molar-refractivity contribution in [2.45, 2.75) is 25.8 Å². The summed E-state index contributed by atoms with van der Waals surface area (Å²) < 4.78 is 42.8. The molecule has 1 saturated carbocycles. The van der Waals surface area contributed by atoms with Crippen molar-refractivity contribution in [2.75, 3.05) is 11.9 Å². The third kappa shape index (κ3) is 5.45. The third-order valence-corrected chi connectivity index (χ3v) is 4.04. The molecule has 2 amide bonds. The zero-order valence-corrected chi connectivity index (χ0v) is 14.8. The number of anilines is 1. The number of ether oxygens (including phenoxy) is 1. The summed E-state index contributed by atoms with van der Waals surface area (Å²) in [6.07, 6.45) is 0.424. The fourth-order valence-electron chi connectivity index (χ4n) is 2.42. The minimum absolute atomic E-state index is 0.0156. The number of alkyl halides is 2. The van der Waals surface area contributed by atoms with Gasteiger partial charge in [0.15, 0.2) is 11.6 Å². The number of aromatic nitrogens is 1. The highest BCUT2D eigenvalue weighted by Crippen LogP contribution is 2.30. The monoisotopic (exact) mass is 393 g/mol. The van der Waals surface area contributed by atoms with Gasteiger partial charge in [0.25, 0.3) is 12.3 Å². The first kappa shape index (κ1) is 19.7. The van der Waals surface area contributed by atoms with Gasteiger partial charge in [0, 0.05) is 24.2 Å². The van der Waals surface area contributed by atoms with Crippen LogP contribution in [-0.4, -0.2) is 29.8 Å². The van der Waals surface area contributed by atoms with Crippen LogP contribution in [0.2, 0.25) is 0 Å². The van der Waals surface area contributed by atoms with Crippen molar-refractivity contribution in [1.82, 2.24) is 10.3 Å². The van der Waals surface area contributed by atoms with E-state index in [2.05, 4.69) is 20.4 Å². The van der Waals surface area contributed by atoms with E-state index in [0.717, 1.165) is 18.9 Å². The topological polar surface area (TPSA) is 80.3 Å². The maximum absolute atomic E-state index is 13.9. The molecule has 0 aliphatic heterocycles. The molecule has 1 heterocycles. The minimum Gasteiger partial charge on any atom is -0.485 e. The molecule has 148 valence electrons. The minimum atomic E-state index is -2.70. The maximum Gasteiger partial charge on any atom is 0.272 e. The number of pyridine rings is 1. The number of carbonyl (C=O) groups excluding carboxylic acids is 2. The second-order valence-electron chi connectivity index (χ2n) is 6.34. The Morgan fingerprint density at radius 3 is 2.68 bits per heavy atom. The van der Waals surface area contributed by atoms with E-state index >= 15 is 0 Å². The molecule has 1 aliphatic rings. The van der Waals surface area contributed by atoms with Gasteiger partial charge in [-0.1, -0.05) is 6.07 Å². The first-order chi connectivity index (χ1) is 13.4. The molecule has 0 radical (unpaired) electrons. The fourth-order valence-corrected chi connectivity index (χ4v) is 2.42. The molecule has 1 aliphatic carbocycles. The summed E-state index contributed by atoms with van der Waals surface area (Å²) >= 11 is 0. The normalized spacial score (nSPS) is 13.3. The van der Waals surface area contributed by atoms with E-state index in [1.165, 1.54) is 30.5 Å². The Labute approximate surface area is 159 Å². The summed E-state index contributed by atoms with van der Waals surface area (Å²) in [5.74, 6) is -1.31. The highest BCUT2D eigenvalue weighted by atomic mass is 19.3. The zero-order valence-electron chi connectivity index (χ0n) is 14.8. The summed E-state index contributed by atoms with van der Waals surface area (Å²) in [6, 6.07) is 6.76. The first-order valence-corrected chi connectivity index (χ1v) is 8.67. The van der Waals surface area contributed by atoms with Crippen LogP contribution < -0.4 is 15.4 Å². The molecule has 0 spiro atoms. The molecule has 2 N–H and O–H groups in total. The molecule has 9 heteroatoms. The van der Waals surface area contributed by atoms with Crippen molar-refractivity contribution in [3.05, 3.63) is 53.5 Å². The Balaban J connectivity index is 1.56. The van der Waals surface area contributed by atoms with E-state index in [-0.39, 0.29) is 29.9 Å². The fraction of sp³-hybridized carbons (Fsp3) is 0.316. The average molecular weight is 393 g/mol. The number of nitrogens with one attached hydrogen (secondary N) is 2. The smallest absolute Gasteiger partial charge is 0.272 e. The number of nitrogens with zero attached hydrogens (tertiary/aromatic N) is 1. The summed E-state index contributed by atoms with van der Waals surface area (Å²) in [6.45, 7) is -0.869. The number of hydrogen-bond acceptors (Lipinski definition) is 4. The van der Waals surface area contributed by atoms with Crippen molar-refractivity contribution in [3.8, 4) is 5.75 Å². The Kier molecular flexibility index (Phi) is 6.13. The molecule has 0 bridgehead atoms. The van der Waals surface area contributed by atoms with Gasteiger partial charge in [-0.15, -0.1) is 0 Å². The Morgan fingerprint density at radius 2 is 2.00 bits per heavy atom. The highest BCUT2D eigenvalue weighted by molar-refractivity contribution is 5.97. The van der Waals surface area contributed by atoms with Crippen molar-refractivity contribution in [1.29, 1.82) is 0 Å². The van der Waals surface area contributed by atoms with Gasteiger partial charge in [0.2, 0.25) is 5.91 Å². The van der Waals surface area contributed by atoms with Gasteiger partial charge in [0.1, 0.15) is 12.4 Å². The highest BCUT2D eigenvalue weighted by Gasteiger charge is 2.29. The Morgan fingerprint density at radius 1 is 1.21 bits per heavy atom. The largest absolute Gasteiger partial charge is 0.485 e. The van der Waals surface area contributed by atoms with Crippen LogP contribution in [0.15, 0.2) is 36.5 Å². The number of rotatable bonds is 8. The summed E-state index contributed by atoms with van der Waals surface area (Å²) in [4.78, 5) is 28.1. The number of amides is 2. The number of hydrogen-bond donors (Lipinski definition) is 2. The lowest BCUT2D eigenvalue weighted by molar-refractivity contribution is -0.117. The summed E-state index contributed by atoms with van der Waals surface area (Å²) in [5.41, 5.74) is 0.727. The maximum atomic E-state index is 13.9. The van der Waals surface area contributed by atoms with Gasteiger partial charge in [-0.2, -0.15) is 0 Å². The zero-order chi connectivity index (χ0) is 20.1. The molecular weight excluding hydrogens is 375 g/mol. The number of halogens is 3. The average Bonchev–Trinajstić information content (AvgIpc) is 3.50. The van der Waals surface area contributed by atoms with Gasteiger partial charge in [-0.3, -0.25) is 9.59 Å². The lowest BCUT2D eigenvalue weighted by atomic mass is 10.2. The molecule has 1 fully saturated rings. The van der Waals surface area contributed by atoms with Crippen molar-refractivity contribution in [2.24, 2.45) is 5.92 Å². The van der Waals surface area contributed by atoms with E-state index in [9.17, 15) is 22.8 Å². The van der Waals surface area contributed by atoms with Crippen LogP contribution in [0.5, 0.6) is 5.75 Å². The van der Waals surface area contributed by atoms with Crippen molar-refractivity contribution in [3.63, 3.8) is 0 Å². The predicted molar refractivity (Wildman–Crippen MR) is 94.7 cm³/mol. The van der Waals surface area contributed by atoms with Crippen LogP contribution in [0.3, 0.4) is 0 Å². The van der Waals surface area contributed by atoms with Crippen LogP contribution >= 0.6 is 0 Å². The van der Waals surface area contributed by atoms with Gasteiger partial charge in [-0.05, 0) is 42.7 Å². The van der Waals surface area contributed by atoms with Gasteiger partial charge in [-0.25, -0.2) is 18.2 Å². The SMILES string of the molecule is O=C(NCc1ccc(OCC(F)F)c(F)c1)c1ccnc(NC(=O)C2CC2)c1. The van der Waals surface area contributed by atoms with Gasteiger partial charge < -0.3 is 15.4 Å². The van der Waals surface area contributed by atoms with Crippen LogP contribution in [0.25, 0.3) is 0 Å². The van der Waals surface area contributed by atoms with E-state index in [1.807, 2.05) is 0 Å². The molecule has 0 unspecified atom stereocenters. The predicted octanol–water partition coefficient (Wildman–Crippen LogP) is 3.14. The number of carbonyl (C=O) groups is 2. The lowest BCUT2D eigenvalue weighted by Crippen LogP contribution is -2.23. The second-order valence-corrected chi connectivity index (χ2v) is 6.34. The van der Waals surface area contributed by atoms with E-state index in [0.29, 0.717) is 11.1 Å². The standard InChI is InChI=1S/C19H18F3N3O3/c20-14-7-11(1-4-15(14)28-10-16(21)22)9-24-18(26)13-5-6-23-17(8-13)25-19(27)12-2-3-12/h1,4-8,12,16H,2-3,9-10H2,(H,24,26)(H,23,25,27). The number of benzene rings is 1. The molecular formula is C19H18F3N3O3. The van der Waals surface area contributed by atoms with E-state index in [4.69, 9.17) is 0 Å². The van der Waals surface area contributed by atoms with Gasteiger partial charge >= 0.3 is 0 Å². The molecule has 1 aromatic heterocycles. The van der Waals surface area contributed by atoms with E-state index in [1.54, 1.807) is 0 Å². The Bertz CT molecular complexity index is 872. The summed E-state index contributed by atoms with van der Waals surface area (Å²) in [7, 11) is 0. The molecule has 3 rings (SSSR count). The third-order valence-electron chi connectivity index (χ3n) is 4.04. The lowest BCUT2D eigenvalue weighted by Gasteiger charge is -2.10. The molecule has 6 nitrogen and oxygen atoms in total. The Hall–Kier alpha value is -3.10. The van der Waals surface area contributed by atoms with Crippen LogP contribution in [-0.2, 0) is 11.3 Å². The van der Waals surface area contributed by atoms with Crippen LogP contribution in [0.4, 0.5) is 19.0 Å². The first-order valence-electron chi connectivity index (χ1n) is 8.67. The molecule has 0 atom stereocenters. The van der Waals surface area contributed by atoms with Gasteiger partial charge in [0.05, 0.1) is 0 Å². The quantitative estimate of drug-likeness (QED) is 0.722. The second kappa shape index (κ2) is 8.73. The van der Waals surface area contributed by atoms with Crippen LogP contribution in [0, 0.1) is 11.7 Å². The molecule has 1 aromatic carbocycles. The van der Waals surface area contributed by atoms with Crippen LogP contribution in [0.1, 0.15) is 28.8 Å². The molecule has 0 saturated heterocycles. The molecule has 2 aromatic rings. The van der Waals surface area contributed by atoms with E-state index < -0.39 is 24.8 Å². The van der Waals surface area contributed by atoms with Crippen molar-refractivity contribution < 1.29 is 27.5 Å².